The summed E-state index contributed by atoms with van der Waals surface area (Å²) in [6.07, 6.45) is 0. The first-order chi connectivity index (χ1) is 33.3. The third-order valence-electron chi connectivity index (χ3n) is 13.4. The van der Waals surface area contributed by atoms with E-state index in [1.54, 1.807) is 0 Å². The molecule has 11 aromatic carbocycles. The van der Waals surface area contributed by atoms with E-state index in [9.17, 15) is 0 Å². The van der Waals surface area contributed by atoms with E-state index in [2.05, 4.69) is 252 Å². The first-order valence-corrected chi connectivity index (χ1v) is 22.9. The molecule has 0 aliphatic rings. The quantitative estimate of drug-likeness (QED) is 0.152. The van der Waals surface area contributed by atoms with Gasteiger partial charge in [-0.3, -0.25) is 0 Å². The minimum Gasteiger partial charge on any atom is -0.456 e. The fourth-order valence-corrected chi connectivity index (χ4v) is 10.4. The number of hydrogen-bond acceptors (Lipinski definition) is 2. The number of rotatable bonds is 8. The second-order valence-corrected chi connectivity index (χ2v) is 17.2. The molecule has 13 aromatic rings. The molecule has 0 bridgehead atoms. The SMILES string of the molecule is c1ccc(-c2cccc3cccc(-c4ccccc4N(c4ccc(-c5ccc6c(c5)oc5ccccc56)cc4)c4ccccc4-c4cccc5c4c4ccccc4n5-c4ccccc4)c23)cc1. The van der Waals surface area contributed by atoms with Gasteiger partial charge < -0.3 is 13.9 Å². The van der Waals surface area contributed by atoms with E-state index >= 15 is 0 Å². The lowest BCUT2D eigenvalue weighted by molar-refractivity contribution is 0.669. The monoisotopic (exact) mass is 854 g/mol. The van der Waals surface area contributed by atoms with Crippen LogP contribution in [0.25, 0.3) is 105 Å². The van der Waals surface area contributed by atoms with Gasteiger partial charge in [0, 0.05) is 44.0 Å². The molecular weight excluding hydrogens is 813 g/mol. The number of benzene rings is 11. The molecule has 0 spiro atoms. The molecule has 314 valence electrons. The van der Waals surface area contributed by atoms with Gasteiger partial charge in [-0.05, 0) is 111 Å². The van der Waals surface area contributed by atoms with Crippen LogP contribution in [0.15, 0.2) is 259 Å². The highest BCUT2D eigenvalue weighted by Crippen LogP contribution is 2.49. The van der Waals surface area contributed by atoms with Crippen LogP contribution in [-0.4, -0.2) is 4.57 Å². The summed E-state index contributed by atoms with van der Waals surface area (Å²) in [4.78, 5) is 2.47. The zero-order valence-corrected chi connectivity index (χ0v) is 36.6. The lowest BCUT2D eigenvalue weighted by atomic mass is 9.90. The van der Waals surface area contributed by atoms with Crippen molar-refractivity contribution in [2.24, 2.45) is 0 Å². The van der Waals surface area contributed by atoms with Gasteiger partial charge in [0.25, 0.3) is 0 Å². The molecule has 0 saturated heterocycles. The smallest absolute Gasteiger partial charge is 0.136 e. The Kier molecular flexibility index (Phi) is 9.17. The molecule has 3 nitrogen and oxygen atoms in total. The first kappa shape index (κ1) is 38.5. The third-order valence-corrected chi connectivity index (χ3v) is 13.4. The summed E-state index contributed by atoms with van der Waals surface area (Å²) in [5, 5.41) is 7.13. The molecule has 13 rings (SSSR count). The minimum atomic E-state index is 0.889. The Bertz CT molecular complexity index is 3970. The fraction of sp³-hybridized carbons (Fsp3) is 0. The highest BCUT2D eigenvalue weighted by atomic mass is 16.3. The molecule has 3 heteroatoms. The van der Waals surface area contributed by atoms with Crippen LogP contribution in [0.4, 0.5) is 17.1 Å². The van der Waals surface area contributed by atoms with Gasteiger partial charge in [0.05, 0.1) is 22.4 Å². The van der Waals surface area contributed by atoms with Crippen LogP contribution < -0.4 is 4.90 Å². The van der Waals surface area contributed by atoms with Crippen LogP contribution in [-0.2, 0) is 0 Å². The Balaban J connectivity index is 1.04. The van der Waals surface area contributed by atoms with Gasteiger partial charge in [0.2, 0.25) is 0 Å². The average molecular weight is 855 g/mol. The second kappa shape index (κ2) is 16.0. The molecule has 0 aliphatic heterocycles. The average Bonchev–Trinajstić information content (AvgIpc) is 3.95. The van der Waals surface area contributed by atoms with Crippen molar-refractivity contribution in [1.82, 2.24) is 4.57 Å². The van der Waals surface area contributed by atoms with Crippen molar-refractivity contribution in [1.29, 1.82) is 0 Å². The maximum atomic E-state index is 6.34. The van der Waals surface area contributed by atoms with E-state index in [-0.39, 0.29) is 0 Å². The standard InChI is InChI=1S/C64H42N2O/c1-3-18-44(19-4-1)49-28-15-20-45-21-16-29-54(63(45)49)50-24-7-11-31-57(50)65(48-39-36-43(37-40-48)46-38-41-53-52-26-10-14-35-61(52)67-62(53)42-46)58-32-12-8-25-51(58)55-30-17-34-60-64(55)56-27-9-13-33-59(56)66(60)47-22-5-2-6-23-47/h1-42H. The van der Waals surface area contributed by atoms with Crippen LogP contribution in [0, 0.1) is 0 Å². The normalized spacial score (nSPS) is 11.6. The summed E-state index contributed by atoms with van der Waals surface area (Å²) < 4.78 is 8.74. The third kappa shape index (κ3) is 6.43. The van der Waals surface area contributed by atoms with E-state index in [1.807, 2.05) is 12.1 Å². The largest absolute Gasteiger partial charge is 0.456 e. The Morgan fingerprint density at radius 3 is 1.60 bits per heavy atom. The van der Waals surface area contributed by atoms with E-state index in [0.29, 0.717) is 0 Å². The van der Waals surface area contributed by atoms with Gasteiger partial charge >= 0.3 is 0 Å². The van der Waals surface area contributed by atoms with Gasteiger partial charge in [0.15, 0.2) is 0 Å². The van der Waals surface area contributed by atoms with Crippen molar-refractivity contribution in [3.05, 3.63) is 255 Å². The number of aromatic nitrogens is 1. The first-order valence-electron chi connectivity index (χ1n) is 22.9. The van der Waals surface area contributed by atoms with Crippen molar-refractivity contribution >= 4 is 71.6 Å². The molecule has 0 radical (unpaired) electrons. The summed E-state index contributed by atoms with van der Waals surface area (Å²) in [6.45, 7) is 0. The maximum absolute atomic E-state index is 6.34. The summed E-state index contributed by atoms with van der Waals surface area (Å²) in [6, 6.07) is 92.1. The van der Waals surface area contributed by atoms with Gasteiger partial charge in [-0.15, -0.1) is 0 Å². The van der Waals surface area contributed by atoms with Crippen molar-refractivity contribution < 1.29 is 4.42 Å². The van der Waals surface area contributed by atoms with E-state index in [4.69, 9.17) is 4.42 Å². The summed E-state index contributed by atoms with van der Waals surface area (Å²) in [5.74, 6) is 0. The lowest BCUT2D eigenvalue weighted by Crippen LogP contribution is -2.12. The predicted molar refractivity (Wildman–Crippen MR) is 282 cm³/mol. The van der Waals surface area contributed by atoms with E-state index in [1.165, 1.54) is 54.8 Å². The van der Waals surface area contributed by atoms with Crippen LogP contribution in [0.2, 0.25) is 0 Å². The fourth-order valence-electron chi connectivity index (χ4n) is 10.4. The van der Waals surface area contributed by atoms with E-state index < -0.39 is 0 Å². The molecule has 0 atom stereocenters. The Hall–Kier alpha value is -8.92. The number of para-hydroxylation sites is 5. The van der Waals surface area contributed by atoms with Gasteiger partial charge in [-0.1, -0.05) is 188 Å². The zero-order chi connectivity index (χ0) is 44.3. The number of furan rings is 1. The molecule has 0 fully saturated rings. The summed E-state index contributed by atoms with van der Waals surface area (Å²) in [7, 11) is 0. The van der Waals surface area contributed by atoms with Gasteiger partial charge in [-0.25, -0.2) is 0 Å². The zero-order valence-electron chi connectivity index (χ0n) is 36.6. The number of hydrogen-bond donors (Lipinski definition) is 0. The van der Waals surface area contributed by atoms with Crippen LogP contribution in [0.3, 0.4) is 0 Å². The molecule has 0 unspecified atom stereocenters. The Morgan fingerprint density at radius 1 is 0.313 bits per heavy atom. The molecule has 2 heterocycles. The molecule has 0 N–H and O–H groups in total. The van der Waals surface area contributed by atoms with Crippen molar-refractivity contribution in [2.75, 3.05) is 4.90 Å². The van der Waals surface area contributed by atoms with Crippen LogP contribution >= 0.6 is 0 Å². The molecule has 0 amide bonds. The highest BCUT2D eigenvalue weighted by Gasteiger charge is 2.24. The maximum Gasteiger partial charge on any atom is 0.136 e. The second-order valence-electron chi connectivity index (χ2n) is 17.2. The van der Waals surface area contributed by atoms with Crippen LogP contribution in [0.1, 0.15) is 0 Å². The molecule has 0 aliphatic carbocycles. The number of nitrogens with zero attached hydrogens (tertiary/aromatic N) is 2. The van der Waals surface area contributed by atoms with E-state index in [0.717, 1.165) is 66.9 Å². The van der Waals surface area contributed by atoms with Gasteiger partial charge in [-0.2, -0.15) is 0 Å². The molecule has 67 heavy (non-hydrogen) atoms. The number of fused-ring (bicyclic) bond motifs is 7. The predicted octanol–water partition coefficient (Wildman–Crippen LogP) is 18.0. The highest BCUT2D eigenvalue weighted by molar-refractivity contribution is 6.17. The summed E-state index contributed by atoms with van der Waals surface area (Å²) >= 11 is 0. The van der Waals surface area contributed by atoms with Crippen molar-refractivity contribution in [2.45, 2.75) is 0 Å². The Labute approximate surface area is 388 Å². The van der Waals surface area contributed by atoms with Crippen LogP contribution in [0.5, 0.6) is 0 Å². The lowest BCUT2D eigenvalue weighted by Gasteiger charge is -2.30. The Morgan fingerprint density at radius 2 is 0.851 bits per heavy atom. The molecule has 2 aromatic heterocycles. The van der Waals surface area contributed by atoms with Crippen molar-refractivity contribution in [3.8, 4) is 50.2 Å². The minimum absolute atomic E-state index is 0.889. The summed E-state index contributed by atoms with van der Waals surface area (Å²) in [5.41, 5.74) is 17.8. The number of anilines is 3. The van der Waals surface area contributed by atoms with Crippen molar-refractivity contribution in [3.63, 3.8) is 0 Å². The molecular formula is C64H42N2O. The molecule has 0 saturated carbocycles. The topological polar surface area (TPSA) is 21.3 Å². The van der Waals surface area contributed by atoms with Gasteiger partial charge in [0.1, 0.15) is 11.2 Å².